The zero-order chi connectivity index (χ0) is 19.0. The van der Waals surface area contributed by atoms with Gasteiger partial charge in [-0.1, -0.05) is 57.8 Å². The topological polar surface area (TPSA) is 67.9 Å². The van der Waals surface area contributed by atoms with Crippen LogP contribution in [0, 0.1) is 0 Å². The highest BCUT2D eigenvalue weighted by Gasteiger charge is 2.23. The Balaban J connectivity index is 2.53. The van der Waals surface area contributed by atoms with Gasteiger partial charge < -0.3 is 19.7 Å². The molecule has 1 fully saturated rings. The fraction of sp³-hybridized carbons (Fsp3) is 0.900. The summed E-state index contributed by atoms with van der Waals surface area (Å²) in [5, 5.41) is 2.99. The van der Waals surface area contributed by atoms with Gasteiger partial charge in [-0.15, -0.1) is 0 Å². The highest BCUT2D eigenvalue weighted by molar-refractivity contribution is 6.35. The third-order valence-corrected chi connectivity index (χ3v) is 5.05. The summed E-state index contributed by atoms with van der Waals surface area (Å²) in [4.78, 5) is 26.5. The van der Waals surface area contributed by atoms with E-state index >= 15 is 0 Å². The second-order valence-electron chi connectivity index (χ2n) is 7.21. The molecule has 1 saturated carbocycles. The number of amides is 2. The first kappa shape index (κ1) is 22.9. The fourth-order valence-electron chi connectivity index (χ4n) is 3.42. The van der Waals surface area contributed by atoms with Crippen molar-refractivity contribution in [2.45, 2.75) is 76.7 Å². The average molecular weight is 371 g/mol. The van der Waals surface area contributed by atoms with Gasteiger partial charge in [0.05, 0.1) is 13.2 Å². The lowest BCUT2D eigenvalue weighted by Crippen LogP contribution is -2.48. The predicted molar refractivity (Wildman–Crippen MR) is 103 cm³/mol. The van der Waals surface area contributed by atoms with Crippen LogP contribution in [0.3, 0.4) is 0 Å². The molecule has 0 bridgehead atoms. The van der Waals surface area contributed by atoms with Gasteiger partial charge in [0, 0.05) is 33.4 Å². The molecule has 0 radical (unpaired) electrons. The molecule has 152 valence electrons. The third kappa shape index (κ3) is 10.1. The minimum absolute atomic E-state index is 0.109. The Bertz CT molecular complexity index is 370. The zero-order valence-corrected chi connectivity index (χ0v) is 16.8. The first-order valence-corrected chi connectivity index (χ1v) is 10.3. The molecule has 1 aliphatic carbocycles. The molecular weight excluding hydrogens is 332 g/mol. The van der Waals surface area contributed by atoms with E-state index in [9.17, 15) is 9.59 Å². The Labute approximate surface area is 159 Å². The maximum absolute atomic E-state index is 12.5. The highest BCUT2D eigenvalue weighted by atomic mass is 16.5. The molecular formula is C20H38N2O4. The molecule has 0 heterocycles. The van der Waals surface area contributed by atoms with Crippen molar-refractivity contribution in [1.82, 2.24) is 10.2 Å². The van der Waals surface area contributed by atoms with E-state index in [0.29, 0.717) is 26.3 Å². The van der Waals surface area contributed by atoms with Crippen LogP contribution in [0.1, 0.15) is 70.6 Å². The van der Waals surface area contributed by atoms with Gasteiger partial charge in [0.2, 0.25) is 0 Å². The molecule has 0 aromatic rings. The fourth-order valence-corrected chi connectivity index (χ4v) is 3.42. The molecule has 1 rings (SSSR count). The normalized spacial score (nSPS) is 17.8. The molecule has 26 heavy (non-hydrogen) atoms. The van der Waals surface area contributed by atoms with E-state index in [1.165, 1.54) is 49.8 Å². The monoisotopic (exact) mass is 370 g/mol. The van der Waals surface area contributed by atoms with Gasteiger partial charge >= 0.3 is 11.8 Å². The summed E-state index contributed by atoms with van der Waals surface area (Å²) in [7, 11) is 3.17. The van der Waals surface area contributed by atoms with Gasteiger partial charge in [0.25, 0.3) is 0 Å². The number of nitrogens with zero attached hydrogens (tertiary/aromatic N) is 1. The molecule has 1 aliphatic rings. The lowest BCUT2D eigenvalue weighted by atomic mass is 9.98. The van der Waals surface area contributed by atoms with E-state index in [1.54, 1.807) is 14.2 Å². The number of hydrogen-bond donors (Lipinski definition) is 1. The summed E-state index contributed by atoms with van der Waals surface area (Å²) in [6.45, 7) is 1.62. The van der Waals surface area contributed by atoms with Crippen molar-refractivity contribution in [2.75, 3.05) is 40.5 Å². The van der Waals surface area contributed by atoms with Crippen LogP contribution in [0.2, 0.25) is 0 Å². The summed E-state index contributed by atoms with van der Waals surface area (Å²) in [6.07, 6.45) is 13.2. The van der Waals surface area contributed by atoms with Crippen LogP contribution in [-0.4, -0.2) is 63.3 Å². The number of rotatable bonds is 7. The van der Waals surface area contributed by atoms with Gasteiger partial charge in [-0.05, 0) is 12.8 Å². The van der Waals surface area contributed by atoms with Crippen molar-refractivity contribution in [3.8, 4) is 0 Å². The average Bonchev–Trinajstić information content (AvgIpc) is 2.63. The molecule has 0 unspecified atom stereocenters. The molecule has 1 N–H and O–H groups in total. The van der Waals surface area contributed by atoms with Gasteiger partial charge in [0.1, 0.15) is 0 Å². The summed E-state index contributed by atoms with van der Waals surface area (Å²) < 4.78 is 10.1. The number of methoxy groups -OCH3 is 2. The van der Waals surface area contributed by atoms with Gasteiger partial charge in [-0.2, -0.15) is 0 Å². The van der Waals surface area contributed by atoms with Crippen molar-refractivity contribution < 1.29 is 19.1 Å². The molecule has 0 aromatic carbocycles. The van der Waals surface area contributed by atoms with Crippen molar-refractivity contribution >= 4 is 11.8 Å². The Kier molecular flexibility index (Phi) is 13.2. The molecule has 0 atom stereocenters. The Morgan fingerprint density at radius 3 is 1.65 bits per heavy atom. The Morgan fingerprint density at radius 2 is 1.23 bits per heavy atom. The van der Waals surface area contributed by atoms with Crippen LogP contribution in [0.5, 0.6) is 0 Å². The van der Waals surface area contributed by atoms with Crippen LogP contribution in [0.4, 0.5) is 0 Å². The Hall–Kier alpha value is -1.14. The molecule has 0 aliphatic heterocycles. The number of ether oxygens (including phenoxy) is 2. The first-order valence-electron chi connectivity index (χ1n) is 10.3. The molecule has 6 nitrogen and oxygen atoms in total. The maximum atomic E-state index is 12.5. The van der Waals surface area contributed by atoms with Gasteiger partial charge in [-0.25, -0.2) is 0 Å². The summed E-state index contributed by atoms with van der Waals surface area (Å²) >= 11 is 0. The minimum atomic E-state index is -0.491. The van der Waals surface area contributed by atoms with Crippen LogP contribution in [-0.2, 0) is 19.1 Å². The number of hydrogen-bond acceptors (Lipinski definition) is 4. The molecule has 0 aromatic heterocycles. The molecule has 2 amide bonds. The molecule has 6 heteroatoms. The molecule has 0 spiro atoms. The number of carbonyl (C=O) groups is 2. The number of carbonyl (C=O) groups excluding carboxylic acids is 2. The van der Waals surface area contributed by atoms with Crippen molar-refractivity contribution in [3.63, 3.8) is 0 Å². The standard InChI is InChI=1S/C20H38N2O4/c1-25-16-14-22(15-17-26-2)20(24)19(23)21-18-12-10-8-6-4-3-5-7-9-11-13-18/h18H,3-17H2,1-2H3,(H,21,23). The van der Waals surface area contributed by atoms with Crippen LogP contribution in [0.25, 0.3) is 0 Å². The summed E-state index contributed by atoms with van der Waals surface area (Å²) in [5.41, 5.74) is 0. The van der Waals surface area contributed by atoms with Crippen LogP contribution < -0.4 is 5.32 Å². The summed E-state index contributed by atoms with van der Waals surface area (Å²) in [6, 6.07) is 0.109. The van der Waals surface area contributed by atoms with Crippen LogP contribution in [0.15, 0.2) is 0 Å². The van der Waals surface area contributed by atoms with E-state index in [4.69, 9.17) is 9.47 Å². The maximum Gasteiger partial charge on any atom is 0.312 e. The lowest BCUT2D eigenvalue weighted by molar-refractivity contribution is -0.147. The lowest BCUT2D eigenvalue weighted by Gasteiger charge is -2.24. The van der Waals surface area contributed by atoms with E-state index in [-0.39, 0.29) is 6.04 Å². The highest BCUT2D eigenvalue weighted by Crippen LogP contribution is 2.17. The van der Waals surface area contributed by atoms with Gasteiger partial charge in [-0.3, -0.25) is 9.59 Å². The van der Waals surface area contributed by atoms with E-state index in [2.05, 4.69) is 5.32 Å². The van der Waals surface area contributed by atoms with Crippen molar-refractivity contribution in [2.24, 2.45) is 0 Å². The number of nitrogens with one attached hydrogen (secondary N) is 1. The SMILES string of the molecule is COCCN(CCOC)C(=O)C(=O)NC1CCCCCCCCCCC1. The Morgan fingerprint density at radius 1 is 0.808 bits per heavy atom. The second kappa shape index (κ2) is 15.0. The smallest absolute Gasteiger partial charge is 0.312 e. The van der Waals surface area contributed by atoms with Crippen molar-refractivity contribution in [3.05, 3.63) is 0 Å². The van der Waals surface area contributed by atoms with Crippen LogP contribution >= 0.6 is 0 Å². The van der Waals surface area contributed by atoms with Gasteiger partial charge in [0.15, 0.2) is 0 Å². The van der Waals surface area contributed by atoms with E-state index in [0.717, 1.165) is 25.7 Å². The largest absolute Gasteiger partial charge is 0.383 e. The zero-order valence-electron chi connectivity index (χ0n) is 16.8. The van der Waals surface area contributed by atoms with E-state index in [1.807, 2.05) is 0 Å². The third-order valence-electron chi connectivity index (χ3n) is 5.05. The van der Waals surface area contributed by atoms with E-state index < -0.39 is 11.8 Å². The first-order chi connectivity index (χ1) is 12.7. The minimum Gasteiger partial charge on any atom is -0.383 e. The second-order valence-corrected chi connectivity index (χ2v) is 7.21. The quantitative estimate of drug-likeness (QED) is 0.700. The molecule has 0 saturated heterocycles. The predicted octanol–water partition coefficient (Wildman–Crippen LogP) is 2.90. The van der Waals surface area contributed by atoms with Crippen molar-refractivity contribution in [1.29, 1.82) is 0 Å². The summed E-state index contributed by atoms with van der Waals surface area (Å²) in [5.74, 6) is -0.973.